The number of thiophene rings is 1. The molecular formula is C22H23ClN2O3S. The molecule has 1 atom stereocenters. The Kier molecular flexibility index (Phi) is 6.04. The van der Waals surface area contributed by atoms with E-state index in [1.54, 1.807) is 0 Å². The summed E-state index contributed by atoms with van der Waals surface area (Å²) in [5.41, 5.74) is 2.02. The number of piperidine rings is 1. The predicted octanol–water partition coefficient (Wildman–Crippen LogP) is 3.43. The van der Waals surface area contributed by atoms with Gasteiger partial charge in [-0.15, -0.1) is 11.3 Å². The lowest BCUT2D eigenvalue weighted by atomic mass is 9.98. The van der Waals surface area contributed by atoms with Gasteiger partial charge in [0.2, 0.25) is 0 Å². The van der Waals surface area contributed by atoms with Gasteiger partial charge in [-0.3, -0.25) is 14.5 Å². The molecule has 2 aliphatic heterocycles. The van der Waals surface area contributed by atoms with E-state index < -0.39 is 0 Å². The van der Waals surface area contributed by atoms with Crippen molar-refractivity contribution in [2.45, 2.75) is 19.3 Å². The number of halogens is 1. The standard InChI is InChI=1S/C22H23ClN2O3S/c23-17-7-5-15(6-8-17)9-11-25-21(27)19(18-4-2-12-29-18)20(22(25)28)24-10-1-3-16(13-24)14-26/h2,4-8,12,16,26H,1,3,9-11,13-14H2. The number of likely N-dealkylation sites (tertiary alicyclic amines) is 1. The van der Waals surface area contributed by atoms with E-state index in [0.29, 0.717) is 35.8 Å². The molecule has 2 aromatic rings. The molecule has 1 saturated heterocycles. The summed E-state index contributed by atoms with van der Waals surface area (Å²) < 4.78 is 0. The van der Waals surface area contributed by atoms with E-state index in [1.807, 2.05) is 46.7 Å². The van der Waals surface area contributed by atoms with Gasteiger partial charge in [-0.25, -0.2) is 0 Å². The summed E-state index contributed by atoms with van der Waals surface area (Å²) in [6, 6.07) is 11.2. The average molecular weight is 431 g/mol. The Morgan fingerprint density at radius 2 is 1.93 bits per heavy atom. The van der Waals surface area contributed by atoms with Gasteiger partial charge in [-0.2, -0.15) is 0 Å². The largest absolute Gasteiger partial charge is 0.396 e. The summed E-state index contributed by atoms with van der Waals surface area (Å²) >= 11 is 7.41. The minimum Gasteiger partial charge on any atom is -0.396 e. The second kappa shape index (κ2) is 8.69. The molecule has 29 heavy (non-hydrogen) atoms. The van der Waals surface area contributed by atoms with E-state index >= 15 is 0 Å². The molecule has 1 N–H and O–H groups in total. The highest BCUT2D eigenvalue weighted by Gasteiger charge is 2.42. The molecule has 0 radical (unpaired) electrons. The van der Waals surface area contributed by atoms with Crippen LogP contribution in [0.25, 0.3) is 5.57 Å². The minimum absolute atomic E-state index is 0.0978. The van der Waals surface area contributed by atoms with E-state index in [9.17, 15) is 14.7 Å². The normalized spacial score (nSPS) is 20.1. The first kappa shape index (κ1) is 20.1. The van der Waals surface area contributed by atoms with Crippen molar-refractivity contribution in [1.82, 2.24) is 9.80 Å². The maximum absolute atomic E-state index is 13.3. The fourth-order valence-corrected chi connectivity index (χ4v) is 4.90. The number of aliphatic hydroxyl groups is 1. The van der Waals surface area contributed by atoms with Gasteiger partial charge in [-0.05, 0) is 54.3 Å². The fraction of sp³-hybridized carbons (Fsp3) is 0.364. The lowest BCUT2D eigenvalue weighted by Gasteiger charge is -2.34. The molecule has 7 heteroatoms. The number of hydrogen-bond donors (Lipinski definition) is 1. The second-order valence-corrected chi connectivity index (χ2v) is 8.86. The van der Waals surface area contributed by atoms with Crippen LogP contribution >= 0.6 is 22.9 Å². The van der Waals surface area contributed by atoms with Crippen LogP contribution in [-0.2, 0) is 16.0 Å². The Labute approximate surface area is 179 Å². The number of imide groups is 1. The minimum atomic E-state index is -0.231. The number of benzene rings is 1. The van der Waals surface area contributed by atoms with Crippen molar-refractivity contribution in [3.63, 3.8) is 0 Å². The number of aliphatic hydroxyl groups excluding tert-OH is 1. The van der Waals surface area contributed by atoms with E-state index in [0.717, 1.165) is 29.8 Å². The summed E-state index contributed by atoms with van der Waals surface area (Å²) in [6.45, 7) is 1.75. The molecular weight excluding hydrogens is 408 g/mol. The molecule has 0 aliphatic carbocycles. The molecule has 1 aromatic carbocycles. The quantitative estimate of drug-likeness (QED) is 0.713. The van der Waals surface area contributed by atoms with Crippen molar-refractivity contribution in [2.75, 3.05) is 26.2 Å². The highest BCUT2D eigenvalue weighted by molar-refractivity contribution is 7.11. The van der Waals surface area contributed by atoms with Gasteiger partial charge < -0.3 is 10.0 Å². The molecule has 152 valence electrons. The van der Waals surface area contributed by atoms with E-state index in [2.05, 4.69) is 0 Å². The van der Waals surface area contributed by atoms with Crippen LogP contribution in [-0.4, -0.2) is 53.0 Å². The number of rotatable bonds is 6. The predicted molar refractivity (Wildman–Crippen MR) is 114 cm³/mol. The topological polar surface area (TPSA) is 60.9 Å². The lowest BCUT2D eigenvalue weighted by Crippen LogP contribution is -2.41. The van der Waals surface area contributed by atoms with Gasteiger partial charge in [0.1, 0.15) is 5.70 Å². The van der Waals surface area contributed by atoms with Crippen LogP contribution in [0.15, 0.2) is 47.5 Å². The summed E-state index contributed by atoms with van der Waals surface area (Å²) in [7, 11) is 0. The molecule has 5 nitrogen and oxygen atoms in total. The molecule has 2 aliphatic rings. The number of carbonyl (C=O) groups is 2. The van der Waals surface area contributed by atoms with Gasteiger partial charge in [0.15, 0.2) is 0 Å². The van der Waals surface area contributed by atoms with Gasteiger partial charge in [-0.1, -0.05) is 29.8 Å². The Morgan fingerprint density at radius 3 is 2.62 bits per heavy atom. The molecule has 4 rings (SSSR count). The van der Waals surface area contributed by atoms with E-state index in [4.69, 9.17) is 11.6 Å². The third-order valence-corrected chi connectivity index (χ3v) is 6.68. The number of carbonyl (C=O) groups excluding carboxylic acids is 2. The Morgan fingerprint density at radius 1 is 1.14 bits per heavy atom. The van der Waals surface area contributed by atoms with Gasteiger partial charge in [0.05, 0.1) is 5.57 Å². The summed E-state index contributed by atoms with van der Waals surface area (Å²) in [4.78, 5) is 30.8. The van der Waals surface area contributed by atoms with Crippen LogP contribution in [0.5, 0.6) is 0 Å². The first-order chi connectivity index (χ1) is 14.1. The first-order valence-corrected chi connectivity index (χ1v) is 11.1. The van der Waals surface area contributed by atoms with Crippen LogP contribution in [0.3, 0.4) is 0 Å². The summed E-state index contributed by atoms with van der Waals surface area (Å²) in [5.74, 6) is -0.328. The zero-order valence-corrected chi connectivity index (χ0v) is 17.6. The maximum Gasteiger partial charge on any atom is 0.277 e. The third kappa shape index (κ3) is 4.10. The van der Waals surface area contributed by atoms with Crippen molar-refractivity contribution in [3.8, 4) is 0 Å². The summed E-state index contributed by atoms with van der Waals surface area (Å²) in [5, 5.41) is 12.2. The van der Waals surface area contributed by atoms with Crippen LogP contribution in [0.4, 0.5) is 0 Å². The SMILES string of the molecule is O=C1C(c2cccs2)=C(N2CCCC(CO)C2)C(=O)N1CCc1ccc(Cl)cc1. The fourth-order valence-electron chi connectivity index (χ4n) is 4.01. The zero-order chi connectivity index (χ0) is 20.4. The van der Waals surface area contributed by atoms with Crippen LogP contribution < -0.4 is 0 Å². The maximum atomic E-state index is 13.3. The summed E-state index contributed by atoms with van der Waals surface area (Å²) in [6.07, 6.45) is 2.43. The molecule has 3 heterocycles. The molecule has 1 aromatic heterocycles. The molecule has 1 unspecified atom stereocenters. The highest BCUT2D eigenvalue weighted by atomic mass is 35.5. The third-order valence-electron chi connectivity index (χ3n) is 5.54. The smallest absolute Gasteiger partial charge is 0.277 e. The molecule has 0 bridgehead atoms. The molecule has 0 spiro atoms. The van der Waals surface area contributed by atoms with Crippen molar-refractivity contribution in [3.05, 3.63) is 62.9 Å². The monoisotopic (exact) mass is 430 g/mol. The number of nitrogens with zero attached hydrogens (tertiary/aromatic N) is 2. The zero-order valence-electron chi connectivity index (χ0n) is 16.0. The van der Waals surface area contributed by atoms with E-state index in [1.165, 1.54) is 16.2 Å². The molecule has 0 saturated carbocycles. The van der Waals surface area contributed by atoms with Crippen LogP contribution in [0, 0.1) is 5.92 Å². The Balaban J connectivity index is 1.60. The number of amides is 2. The molecule has 2 amide bonds. The van der Waals surface area contributed by atoms with Crippen molar-refractivity contribution >= 4 is 40.3 Å². The average Bonchev–Trinajstić information content (AvgIpc) is 3.34. The highest BCUT2D eigenvalue weighted by Crippen LogP contribution is 2.35. The van der Waals surface area contributed by atoms with Crippen molar-refractivity contribution in [2.24, 2.45) is 5.92 Å². The second-order valence-electron chi connectivity index (χ2n) is 7.48. The van der Waals surface area contributed by atoms with Gasteiger partial charge >= 0.3 is 0 Å². The van der Waals surface area contributed by atoms with Crippen molar-refractivity contribution < 1.29 is 14.7 Å². The van der Waals surface area contributed by atoms with Gasteiger partial charge in [0, 0.05) is 36.1 Å². The molecule has 1 fully saturated rings. The Bertz CT molecular complexity index is 924. The van der Waals surface area contributed by atoms with Crippen molar-refractivity contribution in [1.29, 1.82) is 0 Å². The van der Waals surface area contributed by atoms with Crippen LogP contribution in [0.1, 0.15) is 23.3 Å². The van der Waals surface area contributed by atoms with Gasteiger partial charge in [0.25, 0.3) is 11.8 Å². The van der Waals surface area contributed by atoms with Crippen LogP contribution in [0.2, 0.25) is 5.02 Å². The first-order valence-electron chi connectivity index (χ1n) is 9.83. The lowest BCUT2D eigenvalue weighted by molar-refractivity contribution is -0.137. The number of hydrogen-bond acceptors (Lipinski definition) is 5. The van der Waals surface area contributed by atoms with E-state index in [-0.39, 0.29) is 24.3 Å². The Hall–Kier alpha value is -2.15.